The Bertz CT molecular complexity index is 626. The quantitative estimate of drug-likeness (QED) is 0.412. The van der Waals surface area contributed by atoms with Crippen molar-refractivity contribution in [3.8, 4) is 0 Å². The molecule has 0 aliphatic heterocycles. The van der Waals surface area contributed by atoms with E-state index in [0.29, 0.717) is 0 Å². The Labute approximate surface area is 152 Å². The van der Waals surface area contributed by atoms with Crippen LogP contribution in [0.3, 0.4) is 0 Å². The summed E-state index contributed by atoms with van der Waals surface area (Å²) in [7, 11) is -3.67. The van der Waals surface area contributed by atoms with Crippen LogP contribution in [0.1, 0.15) is 58.6 Å². The van der Waals surface area contributed by atoms with Crippen LogP contribution in [0, 0.1) is 0 Å². The van der Waals surface area contributed by atoms with Gasteiger partial charge in [-0.05, 0) is 58.6 Å². The van der Waals surface area contributed by atoms with Crippen molar-refractivity contribution in [3.63, 3.8) is 0 Å². The monoisotopic (exact) mass is 366 g/mol. The standard InChI is InChI=1S/C20H31O4P/c1-16(2)7-6-8-18(5)13-19-9-11-20(12-10-19)14-23-15-25(21,22)24-17(3)4/h7,9-13,17H,6,8,14-15H2,1-5H3,(H,21,22)/b18-13+. The number of ether oxygens (including phenoxy) is 1. The Morgan fingerprint density at radius 1 is 1.20 bits per heavy atom. The minimum absolute atomic E-state index is 0.287. The second-order valence-corrected chi connectivity index (χ2v) is 8.57. The summed E-state index contributed by atoms with van der Waals surface area (Å²) in [6, 6.07) is 8.01. The van der Waals surface area contributed by atoms with Crippen molar-refractivity contribution in [2.75, 3.05) is 6.35 Å². The Morgan fingerprint density at radius 3 is 2.40 bits per heavy atom. The first-order valence-electron chi connectivity index (χ1n) is 8.65. The lowest BCUT2D eigenvalue weighted by molar-refractivity contribution is 0.122. The zero-order valence-electron chi connectivity index (χ0n) is 16.0. The van der Waals surface area contributed by atoms with Crippen molar-refractivity contribution in [1.29, 1.82) is 0 Å². The number of benzene rings is 1. The molecule has 1 rings (SSSR count). The number of allylic oxidation sites excluding steroid dienone is 3. The summed E-state index contributed by atoms with van der Waals surface area (Å²) in [5, 5.41) is 0. The van der Waals surface area contributed by atoms with Gasteiger partial charge in [0.05, 0.1) is 12.7 Å². The van der Waals surface area contributed by atoms with E-state index in [2.05, 4.69) is 32.9 Å². The van der Waals surface area contributed by atoms with Gasteiger partial charge >= 0.3 is 7.60 Å². The lowest BCUT2D eigenvalue weighted by atomic mass is 10.1. The normalized spacial score (nSPS) is 14.4. The molecule has 0 aliphatic carbocycles. The first-order valence-corrected chi connectivity index (χ1v) is 10.4. The fraction of sp³-hybridized carbons (Fsp3) is 0.500. The van der Waals surface area contributed by atoms with Crippen LogP contribution in [-0.2, 0) is 20.4 Å². The third-order valence-electron chi connectivity index (χ3n) is 3.38. The highest BCUT2D eigenvalue weighted by Crippen LogP contribution is 2.43. The molecule has 0 saturated heterocycles. The average Bonchev–Trinajstić information content (AvgIpc) is 2.47. The Kier molecular flexibility index (Phi) is 9.37. The molecular weight excluding hydrogens is 335 g/mol. The van der Waals surface area contributed by atoms with Gasteiger partial charge in [0.15, 0.2) is 0 Å². The van der Waals surface area contributed by atoms with Gasteiger partial charge in [0.25, 0.3) is 0 Å². The average molecular weight is 366 g/mol. The van der Waals surface area contributed by atoms with E-state index in [4.69, 9.17) is 9.26 Å². The van der Waals surface area contributed by atoms with Crippen LogP contribution in [0.5, 0.6) is 0 Å². The third kappa shape index (κ3) is 10.4. The summed E-state index contributed by atoms with van der Waals surface area (Å²) in [4.78, 5) is 9.61. The Hall–Kier alpha value is -1.19. The summed E-state index contributed by atoms with van der Waals surface area (Å²) in [6.07, 6.45) is 5.96. The fourth-order valence-electron chi connectivity index (χ4n) is 2.29. The van der Waals surface area contributed by atoms with E-state index in [1.165, 1.54) is 11.1 Å². The first-order chi connectivity index (χ1) is 11.7. The molecule has 0 spiro atoms. The predicted molar refractivity (Wildman–Crippen MR) is 104 cm³/mol. The highest BCUT2D eigenvalue weighted by Gasteiger charge is 2.21. The molecule has 1 atom stereocenters. The van der Waals surface area contributed by atoms with Crippen LogP contribution < -0.4 is 0 Å². The highest BCUT2D eigenvalue weighted by molar-refractivity contribution is 7.52. The van der Waals surface area contributed by atoms with Gasteiger partial charge in [-0.25, -0.2) is 0 Å². The molecule has 1 aromatic rings. The van der Waals surface area contributed by atoms with E-state index >= 15 is 0 Å². The zero-order chi connectivity index (χ0) is 18.9. The summed E-state index contributed by atoms with van der Waals surface area (Å²) in [5.74, 6) is 0. The molecule has 0 aromatic heterocycles. The van der Waals surface area contributed by atoms with Gasteiger partial charge in [0, 0.05) is 0 Å². The second-order valence-electron chi connectivity index (χ2n) is 6.82. The van der Waals surface area contributed by atoms with E-state index in [-0.39, 0.29) is 19.1 Å². The van der Waals surface area contributed by atoms with Crippen LogP contribution >= 0.6 is 7.60 Å². The minimum atomic E-state index is -3.67. The van der Waals surface area contributed by atoms with Gasteiger partial charge in [-0.15, -0.1) is 0 Å². The SMILES string of the molecule is CC(C)=CCC/C(C)=C/c1ccc(COCP(=O)(O)OC(C)C)cc1. The van der Waals surface area contributed by atoms with Crippen LogP contribution in [0.2, 0.25) is 0 Å². The molecule has 0 saturated carbocycles. The molecule has 25 heavy (non-hydrogen) atoms. The zero-order valence-corrected chi connectivity index (χ0v) is 16.9. The van der Waals surface area contributed by atoms with E-state index in [9.17, 15) is 9.46 Å². The maximum Gasteiger partial charge on any atom is 0.353 e. The maximum atomic E-state index is 11.7. The van der Waals surface area contributed by atoms with Crippen molar-refractivity contribution in [1.82, 2.24) is 0 Å². The molecule has 5 heteroatoms. The van der Waals surface area contributed by atoms with Crippen molar-refractivity contribution in [2.24, 2.45) is 0 Å². The predicted octanol–water partition coefficient (Wildman–Crippen LogP) is 5.92. The first kappa shape index (κ1) is 21.9. The van der Waals surface area contributed by atoms with E-state index in [0.717, 1.165) is 24.0 Å². The maximum absolute atomic E-state index is 11.7. The summed E-state index contributed by atoms with van der Waals surface area (Å²) < 4.78 is 22.0. The van der Waals surface area contributed by atoms with E-state index < -0.39 is 7.60 Å². The van der Waals surface area contributed by atoms with E-state index in [1.54, 1.807) is 13.8 Å². The molecule has 0 radical (unpaired) electrons. The minimum Gasteiger partial charge on any atom is -0.364 e. The Balaban J connectivity index is 2.48. The Morgan fingerprint density at radius 2 is 1.84 bits per heavy atom. The smallest absolute Gasteiger partial charge is 0.353 e. The molecule has 1 aromatic carbocycles. The van der Waals surface area contributed by atoms with Gasteiger partial charge in [0.2, 0.25) is 0 Å². The molecule has 140 valence electrons. The summed E-state index contributed by atoms with van der Waals surface area (Å²) in [5.41, 5.74) is 4.80. The lowest BCUT2D eigenvalue weighted by Gasteiger charge is -2.14. The van der Waals surface area contributed by atoms with Crippen LogP contribution in [0.4, 0.5) is 0 Å². The lowest BCUT2D eigenvalue weighted by Crippen LogP contribution is -2.05. The summed E-state index contributed by atoms with van der Waals surface area (Å²) in [6.45, 7) is 10.1. The number of hydrogen-bond acceptors (Lipinski definition) is 3. The molecule has 0 aliphatic rings. The summed E-state index contributed by atoms with van der Waals surface area (Å²) >= 11 is 0. The second kappa shape index (κ2) is 10.7. The van der Waals surface area contributed by atoms with Crippen molar-refractivity contribution in [2.45, 2.75) is 60.2 Å². The molecule has 0 fully saturated rings. The van der Waals surface area contributed by atoms with Crippen LogP contribution in [0.25, 0.3) is 6.08 Å². The van der Waals surface area contributed by atoms with Crippen molar-refractivity contribution < 1.29 is 18.7 Å². The van der Waals surface area contributed by atoms with Gasteiger partial charge in [-0.3, -0.25) is 4.57 Å². The molecule has 0 amide bonds. The molecule has 0 bridgehead atoms. The van der Waals surface area contributed by atoms with E-state index in [1.807, 2.05) is 24.3 Å². The molecule has 4 nitrogen and oxygen atoms in total. The molecule has 1 N–H and O–H groups in total. The third-order valence-corrected chi connectivity index (χ3v) is 4.64. The van der Waals surface area contributed by atoms with Gasteiger partial charge in [0.1, 0.15) is 6.35 Å². The molecular formula is C20H31O4P. The largest absolute Gasteiger partial charge is 0.364 e. The van der Waals surface area contributed by atoms with Gasteiger partial charge in [-0.2, -0.15) is 0 Å². The van der Waals surface area contributed by atoms with Crippen LogP contribution in [-0.4, -0.2) is 17.3 Å². The van der Waals surface area contributed by atoms with Crippen LogP contribution in [0.15, 0.2) is 41.5 Å². The van der Waals surface area contributed by atoms with Gasteiger partial charge < -0.3 is 14.2 Å². The number of hydrogen-bond donors (Lipinski definition) is 1. The van der Waals surface area contributed by atoms with Crippen molar-refractivity contribution >= 4 is 13.7 Å². The highest BCUT2D eigenvalue weighted by atomic mass is 31.2. The number of rotatable bonds is 10. The topological polar surface area (TPSA) is 55.8 Å². The van der Waals surface area contributed by atoms with Gasteiger partial charge in [-0.1, -0.05) is 47.6 Å². The molecule has 1 unspecified atom stereocenters. The van der Waals surface area contributed by atoms with Crippen molar-refractivity contribution in [3.05, 3.63) is 52.6 Å². The fourth-order valence-corrected chi connectivity index (χ4v) is 3.34. The molecule has 0 heterocycles.